The molecule has 0 bridgehead atoms. The molecule has 0 aromatic heterocycles. The van der Waals surface area contributed by atoms with Crippen molar-refractivity contribution in [1.29, 1.82) is 0 Å². The number of aliphatic carboxylic acids is 1. The van der Waals surface area contributed by atoms with E-state index in [0.29, 0.717) is 14.7 Å². The third kappa shape index (κ3) is 1.65. The van der Waals surface area contributed by atoms with Gasteiger partial charge in [0.15, 0.2) is 0 Å². The van der Waals surface area contributed by atoms with Gasteiger partial charge >= 0.3 is 5.97 Å². The fraction of sp³-hybridized carbons (Fsp3) is 0.444. The lowest BCUT2D eigenvalue weighted by atomic mass is 10.2. The number of hydrogen-bond acceptors (Lipinski definition) is 3. The molecular formula is C9H10O2S2. The van der Waals surface area contributed by atoms with E-state index in [9.17, 15) is 4.79 Å². The molecule has 2 unspecified atom stereocenters. The van der Waals surface area contributed by atoms with E-state index in [1.165, 1.54) is 17.3 Å². The fourth-order valence-corrected chi connectivity index (χ4v) is 4.24. The van der Waals surface area contributed by atoms with Gasteiger partial charge in [-0.3, -0.25) is 0 Å². The molecule has 2 aliphatic heterocycles. The monoisotopic (exact) mass is 214 g/mol. The van der Waals surface area contributed by atoms with Crippen LogP contribution in [-0.2, 0) is 4.79 Å². The number of thioether (sulfide) groups is 2. The summed E-state index contributed by atoms with van der Waals surface area (Å²) in [7, 11) is 0. The molecule has 0 radical (unpaired) electrons. The molecule has 2 heterocycles. The number of carbonyl (C=O) groups is 1. The molecule has 1 N–H and O–H groups in total. The van der Waals surface area contributed by atoms with Gasteiger partial charge in [-0.05, 0) is 18.1 Å². The second-order valence-corrected chi connectivity index (χ2v) is 5.81. The maximum absolute atomic E-state index is 10.7. The van der Waals surface area contributed by atoms with E-state index in [1.54, 1.807) is 6.08 Å². The molecule has 0 saturated carbocycles. The number of rotatable bonds is 2. The van der Waals surface area contributed by atoms with Crippen molar-refractivity contribution in [1.82, 2.24) is 0 Å². The quantitative estimate of drug-likeness (QED) is 0.766. The number of carboxylic acids is 1. The minimum absolute atomic E-state index is 0.344. The van der Waals surface area contributed by atoms with E-state index in [-0.39, 0.29) is 0 Å². The Kier molecular flexibility index (Phi) is 2.43. The molecule has 0 saturated heterocycles. The van der Waals surface area contributed by atoms with Crippen molar-refractivity contribution in [3.63, 3.8) is 0 Å². The standard InChI is InChI=1S/C9H10O2S2/c1-2-6-3-5-4-7(8(10)11)13-9(5)12-6/h3-4,6,9H,2H2,1H3,(H,10,11). The summed E-state index contributed by atoms with van der Waals surface area (Å²) in [6, 6.07) is 0. The third-order valence-electron chi connectivity index (χ3n) is 2.09. The average molecular weight is 214 g/mol. The number of carboxylic acid groups (broad SMARTS) is 1. The number of allylic oxidation sites excluding steroid dienone is 1. The van der Waals surface area contributed by atoms with Crippen LogP contribution in [0.3, 0.4) is 0 Å². The van der Waals surface area contributed by atoms with Crippen molar-refractivity contribution in [3.05, 3.63) is 22.6 Å². The van der Waals surface area contributed by atoms with Gasteiger partial charge in [0.25, 0.3) is 0 Å². The molecule has 0 spiro atoms. The van der Waals surface area contributed by atoms with E-state index >= 15 is 0 Å². The molecule has 13 heavy (non-hydrogen) atoms. The number of fused-ring (bicyclic) bond motifs is 1. The van der Waals surface area contributed by atoms with Crippen molar-refractivity contribution >= 4 is 29.5 Å². The number of hydrogen-bond donors (Lipinski definition) is 1. The van der Waals surface area contributed by atoms with Crippen LogP contribution in [0.1, 0.15) is 13.3 Å². The molecule has 0 fully saturated rings. The summed E-state index contributed by atoms with van der Waals surface area (Å²) < 4.78 is 0.344. The average Bonchev–Trinajstić information content (AvgIpc) is 2.58. The van der Waals surface area contributed by atoms with Gasteiger partial charge in [-0.15, -0.1) is 11.8 Å². The van der Waals surface area contributed by atoms with Crippen LogP contribution in [0.5, 0.6) is 0 Å². The smallest absolute Gasteiger partial charge is 0.342 e. The molecule has 2 atom stereocenters. The van der Waals surface area contributed by atoms with Gasteiger partial charge in [-0.2, -0.15) is 0 Å². The Labute approximate surface area is 85.5 Å². The molecule has 4 heteroatoms. The lowest BCUT2D eigenvalue weighted by molar-refractivity contribution is -0.131. The van der Waals surface area contributed by atoms with Gasteiger partial charge in [0, 0.05) is 5.25 Å². The molecule has 2 aliphatic rings. The summed E-state index contributed by atoms with van der Waals surface area (Å²) in [6.07, 6.45) is 5.13. The molecule has 0 aromatic rings. The van der Waals surface area contributed by atoms with Crippen LogP contribution >= 0.6 is 23.5 Å². The van der Waals surface area contributed by atoms with Crippen LogP contribution < -0.4 is 0 Å². The highest BCUT2D eigenvalue weighted by atomic mass is 32.2. The van der Waals surface area contributed by atoms with Crippen molar-refractivity contribution in [2.75, 3.05) is 0 Å². The first kappa shape index (κ1) is 9.21. The molecule has 2 nitrogen and oxygen atoms in total. The predicted octanol–water partition coefficient (Wildman–Crippen LogP) is 2.48. The van der Waals surface area contributed by atoms with E-state index in [0.717, 1.165) is 6.42 Å². The molecule has 0 amide bonds. The Bertz CT molecular complexity index is 307. The van der Waals surface area contributed by atoms with Crippen LogP contribution in [0.25, 0.3) is 0 Å². The van der Waals surface area contributed by atoms with Crippen LogP contribution in [-0.4, -0.2) is 20.9 Å². The Morgan fingerprint density at radius 2 is 2.46 bits per heavy atom. The van der Waals surface area contributed by atoms with Crippen LogP contribution in [0.15, 0.2) is 22.6 Å². The summed E-state index contributed by atoms with van der Waals surface area (Å²) in [4.78, 5) is 11.1. The van der Waals surface area contributed by atoms with Gasteiger partial charge in [0.05, 0.1) is 9.49 Å². The van der Waals surface area contributed by atoms with E-state index in [2.05, 4.69) is 13.0 Å². The second kappa shape index (κ2) is 3.42. The largest absolute Gasteiger partial charge is 0.477 e. The highest BCUT2D eigenvalue weighted by Gasteiger charge is 2.33. The van der Waals surface area contributed by atoms with Gasteiger partial charge in [-0.25, -0.2) is 4.79 Å². The predicted molar refractivity (Wildman–Crippen MR) is 56.9 cm³/mol. The zero-order chi connectivity index (χ0) is 9.42. The van der Waals surface area contributed by atoms with Gasteiger partial charge < -0.3 is 5.11 Å². The van der Waals surface area contributed by atoms with Crippen molar-refractivity contribution in [2.24, 2.45) is 0 Å². The Morgan fingerprint density at radius 1 is 1.69 bits per heavy atom. The summed E-state index contributed by atoms with van der Waals surface area (Å²) in [6.45, 7) is 2.16. The molecule has 2 rings (SSSR count). The maximum Gasteiger partial charge on any atom is 0.342 e. The van der Waals surface area contributed by atoms with Crippen LogP contribution in [0.4, 0.5) is 0 Å². The summed E-state index contributed by atoms with van der Waals surface area (Å²) in [5, 5.41) is 9.35. The van der Waals surface area contributed by atoms with E-state index in [1.807, 2.05) is 11.8 Å². The molecule has 0 aliphatic carbocycles. The first-order valence-electron chi connectivity index (χ1n) is 4.19. The highest BCUT2D eigenvalue weighted by molar-refractivity contribution is 8.20. The Morgan fingerprint density at radius 3 is 3.00 bits per heavy atom. The lowest BCUT2D eigenvalue weighted by Crippen LogP contribution is -1.97. The van der Waals surface area contributed by atoms with E-state index in [4.69, 9.17) is 5.11 Å². The lowest BCUT2D eigenvalue weighted by Gasteiger charge is -2.06. The Balaban J connectivity index is 2.17. The van der Waals surface area contributed by atoms with Gasteiger partial charge in [0.2, 0.25) is 0 Å². The first-order valence-corrected chi connectivity index (χ1v) is 6.01. The van der Waals surface area contributed by atoms with E-state index < -0.39 is 5.97 Å². The zero-order valence-corrected chi connectivity index (χ0v) is 8.82. The Hall–Kier alpha value is -0.350. The maximum atomic E-state index is 10.7. The topological polar surface area (TPSA) is 37.3 Å². The summed E-state index contributed by atoms with van der Waals surface area (Å²) >= 11 is 3.32. The normalized spacial score (nSPS) is 31.2. The van der Waals surface area contributed by atoms with Crippen LogP contribution in [0, 0.1) is 0 Å². The SMILES string of the molecule is CCC1C=C2C=C(C(=O)O)SC2S1. The molecule has 0 aromatic carbocycles. The highest BCUT2D eigenvalue weighted by Crippen LogP contribution is 2.49. The second-order valence-electron chi connectivity index (χ2n) is 3.01. The zero-order valence-electron chi connectivity index (χ0n) is 7.19. The minimum Gasteiger partial charge on any atom is -0.477 e. The summed E-state index contributed by atoms with van der Waals surface area (Å²) in [5.41, 5.74) is 1.19. The van der Waals surface area contributed by atoms with Crippen LogP contribution in [0.2, 0.25) is 0 Å². The van der Waals surface area contributed by atoms with Gasteiger partial charge in [-0.1, -0.05) is 24.8 Å². The molecule has 70 valence electrons. The summed E-state index contributed by atoms with van der Waals surface area (Å²) in [5.74, 6) is -0.797. The van der Waals surface area contributed by atoms with Gasteiger partial charge in [0.1, 0.15) is 0 Å². The molecular weight excluding hydrogens is 204 g/mol. The third-order valence-corrected chi connectivity index (χ3v) is 5.09. The first-order chi connectivity index (χ1) is 6.20. The van der Waals surface area contributed by atoms with Crippen molar-refractivity contribution in [3.8, 4) is 0 Å². The fourth-order valence-electron chi connectivity index (χ4n) is 1.41. The van der Waals surface area contributed by atoms with Crippen molar-refractivity contribution in [2.45, 2.75) is 23.2 Å². The van der Waals surface area contributed by atoms with Crippen molar-refractivity contribution < 1.29 is 9.90 Å². The minimum atomic E-state index is -0.797.